The van der Waals surface area contributed by atoms with Crippen molar-refractivity contribution >= 4 is 14.0 Å². The topological polar surface area (TPSA) is 20.3 Å². The predicted octanol–water partition coefficient (Wildman–Crippen LogP) is 4.94. The van der Waals surface area contributed by atoms with Gasteiger partial charge < -0.3 is 0 Å². The first-order chi connectivity index (χ1) is 10.2. The Kier molecular flexibility index (Phi) is 6.43. The summed E-state index contributed by atoms with van der Waals surface area (Å²) in [4.78, 5) is 14.0. The largest absolute Gasteiger partial charge is 0.271 e. The van der Waals surface area contributed by atoms with E-state index < -0.39 is 8.07 Å². The predicted molar refractivity (Wildman–Crippen MR) is 97.4 cm³/mol. The van der Waals surface area contributed by atoms with E-state index in [1.54, 1.807) is 11.9 Å². The van der Waals surface area contributed by atoms with E-state index in [0.717, 1.165) is 0 Å². The Labute approximate surface area is 136 Å². The summed E-state index contributed by atoms with van der Waals surface area (Å²) in [6.07, 6.45) is 0. The Morgan fingerprint density at radius 2 is 1.41 bits per heavy atom. The molecule has 0 saturated heterocycles. The third-order valence-corrected chi connectivity index (χ3v) is 10.9. The van der Waals surface area contributed by atoms with Crippen LogP contribution in [0.4, 0.5) is 0 Å². The minimum absolute atomic E-state index is 0.0349. The van der Waals surface area contributed by atoms with Crippen molar-refractivity contribution in [3.05, 3.63) is 35.9 Å². The van der Waals surface area contributed by atoms with Crippen molar-refractivity contribution in [3.63, 3.8) is 0 Å². The smallest absolute Gasteiger partial charge is 0.265 e. The van der Waals surface area contributed by atoms with Crippen molar-refractivity contribution in [1.29, 1.82) is 0 Å². The van der Waals surface area contributed by atoms with Crippen LogP contribution in [0.25, 0.3) is 0 Å². The van der Waals surface area contributed by atoms with Gasteiger partial charge in [-0.15, -0.1) is 5.54 Å². The molecule has 0 saturated carbocycles. The molecule has 0 aromatic heterocycles. The van der Waals surface area contributed by atoms with Gasteiger partial charge in [0, 0.05) is 18.7 Å². The molecule has 120 valence electrons. The lowest BCUT2D eigenvalue weighted by atomic mass is 10.2. The molecule has 0 unspecified atom stereocenters. The summed E-state index contributed by atoms with van der Waals surface area (Å²) in [6.45, 7) is 13.7. The summed E-state index contributed by atoms with van der Waals surface area (Å²) < 4.78 is 0. The molecular formula is C19H29NOSi. The second-order valence-corrected chi connectivity index (χ2v) is 12.4. The molecule has 1 aromatic carbocycles. The Morgan fingerprint density at radius 1 is 0.955 bits per heavy atom. The SMILES string of the molecule is CC(C)[Si](C#CN(C)C(=O)c1ccccc1)(C(C)C)C(C)C. The van der Waals surface area contributed by atoms with Crippen molar-refractivity contribution in [1.82, 2.24) is 4.90 Å². The molecule has 0 radical (unpaired) electrons. The third-order valence-electron chi connectivity index (χ3n) is 4.63. The molecule has 0 aliphatic rings. The van der Waals surface area contributed by atoms with E-state index in [0.29, 0.717) is 22.2 Å². The highest BCUT2D eigenvalue weighted by Crippen LogP contribution is 2.40. The van der Waals surface area contributed by atoms with Gasteiger partial charge in [-0.1, -0.05) is 59.7 Å². The monoisotopic (exact) mass is 315 g/mol. The molecule has 0 fully saturated rings. The van der Waals surface area contributed by atoms with Crippen LogP contribution in [-0.2, 0) is 0 Å². The van der Waals surface area contributed by atoms with E-state index >= 15 is 0 Å². The summed E-state index contributed by atoms with van der Waals surface area (Å²) in [6, 6.07) is 12.5. The molecular weight excluding hydrogens is 286 g/mol. The van der Waals surface area contributed by atoms with E-state index in [4.69, 9.17) is 0 Å². The normalized spacial score (nSPS) is 11.5. The van der Waals surface area contributed by atoms with Crippen LogP contribution in [0.5, 0.6) is 0 Å². The van der Waals surface area contributed by atoms with E-state index in [-0.39, 0.29) is 5.91 Å². The fourth-order valence-electron chi connectivity index (χ4n) is 3.44. The molecule has 22 heavy (non-hydrogen) atoms. The van der Waals surface area contributed by atoms with Crippen molar-refractivity contribution in [3.8, 4) is 11.6 Å². The van der Waals surface area contributed by atoms with Crippen molar-refractivity contribution < 1.29 is 4.79 Å². The van der Waals surface area contributed by atoms with Crippen LogP contribution >= 0.6 is 0 Å². The van der Waals surface area contributed by atoms with Crippen LogP contribution in [-0.4, -0.2) is 25.9 Å². The number of rotatable bonds is 4. The Balaban J connectivity index is 3.10. The average molecular weight is 316 g/mol. The number of carbonyl (C=O) groups excluding carboxylic acids is 1. The number of hydrogen-bond donors (Lipinski definition) is 0. The Bertz CT molecular complexity index is 530. The lowest BCUT2D eigenvalue weighted by molar-refractivity contribution is 0.0860. The third kappa shape index (κ3) is 3.81. The van der Waals surface area contributed by atoms with Crippen LogP contribution < -0.4 is 0 Å². The highest BCUT2D eigenvalue weighted by molar-refractivity contribution is 6.90. The first-order valence-corrected chi connectivity index (χ1v) is 10.3. The molecule has 0 N–H and O–H groups in total. The fraction of sp³-hybridized carbons (Fsp3) is 0.526. The van der Waals surface area contributed by atoms with Gasteiger partial charge in [-0.05, 0) is 28.8 Å². The van der Waals surface area contributed by atoms with E-state index in [1.165, 1.54) is 0 Å². The molecule has 1 aromatic rings. The zero-order chi connectivity index (χ0) is 16.9. The highest BCUT2D eigenvalue weighted by Gasteiger charge is 2.42. The summed E-state index contributed by atoms with van der Waals surface area (Å²) in [5.41, 5.74) is 5.97. The second-order valence-electron chi connectivity index (χ2n) is 6.86. The van der Waals surface area contributed by atoms with E-state index in [9.17, 15) is 4.79 Å². The second kappa shape index (κ2) is 7.65. The van der Waals surface area contributed by atoms with Crippen LogP contribution in [0.2, 0.25) is 16.6 Å². The van der Waals surface area contributed by atoms with Crippen molar-refractivity contribution in [2.75, 3.05) is 7.05 Å². The number of benzene rings is 1. The number of amides is 1. The van der Waals surface area contributed by atoms with Gasteiger partial charge in [0.25, 0.3) is 5.91 Å². The molecule has 0 bridgehead atoms. The van der Waals surface area contributed by atoms with Crippen LogP contribution in [0, 0.1) is 11.6 Å². The quantitative estimate of drug-likeness (QED) is 0.438. The number of nitrogens with zero attached hydrogens (tertiary/aromatic N) is 1. The van der Waals surface area contributed by atoms with Gasteiger partial charge >= 0.3 is 0 Å². The minimum atomic E-state index is -1.79. The summed E-state index contributed by atoms with van der Waals surface area (Å²) in [7, 11) is -0.0258. The zero-order valence-electron chi connectivity index (χ0n) is 15.0. The Hall–Kier alpha value is -1.53. The van der Waals surface area contributed by atoms with Crippen molar-refractivity contribution in [2.45, 2.75) is 58.2 Å². The highest BCUT2D eigenvalue weighted by atomic mass is 28.3. The standard InChI is InChI=1S/C19H29NOSi/c1-15(2)22(16(3)4,17(5)6)14-13-20(7)19(21)18-11-9-8-10-12-18/h8-12,15-17H,1-7H3. The molecule has 1 rings (SSSR count). The van der Waals surface area contributed by atoms with Gasteiger partial charge in [0.15, 0.2) is 0 Å². The van der Waals surface area contributed by atoms with Crippen LogP contribution in [0.1, 0.15) is 51.9 Å². The van der Waals surface area contributed by atoms with Crippen LogP contribution in [0.15, 0.2) is 30.3 Å². The maximum Gasteiger partial charge on any atom is 0.265 e. The molecule has 1 amide bonds. The van der Waals surface area contributed by atoms with E-state index in [2.05, 4.69) is 53.1 Å². The van der Waals surface area contributed by atoms with Gasteiger partial charge in [-0.3, -0.25) is 9.69 Å². The molecule has 0 heterocycles. The minimum Gasteiger partial charge on any atom is -0.271 e. The molecule has 3 heteroatoms. The van der Waals surface area contributed by atoms with Gasteiger partial charge in [0.05, 0.1) is 0 Å². The average Bonchev–Trinajstić information content (AvgIpc) is 2.46. The van der Waals surface area contributed by atoms with E-state index in [1.807, 2.05) is 30.3 Å². The molecule has 2 nitrogen and oxygen atoms in total. The first kappa shape index (κ1) is 18.5. The summed E-state index contributed by atoms with van der Waals surface area (Å²) in [5.74, 6) is -0.0349. The van der Waals surface area contributed by atoms with Crippen molar-refractivity contribution in [2.24, 2.45) is 0 Å². The lowest BCUT2D eigenvalue weighted by Crippen LogP contribution is -2.43. The number of carbonyl (C=O) groups is 1. The van der Waals surface area contributed by atoms with Gasteiger partial charge in [0.1, 0.15) is 8.07 Å². The Morgan fingerprint density at radius 3 is 1.82 bits per heavy atom. The fourth-order valence-corrected chi connectivity index (χ4v) is 8.67. The summed E-state index contributed by atoms with van der Waals surface area (Å²) >= 11 is 0. The first-order valence-electron chi connectivity index (χ1n) is 8.09. The number of hydrogen-bond acceptors (Lipinski definition) is 1. The molecule has 0 spiro atoms. The van der Waals surface area contributed by atoms with Gasteiger partial charge in [0.2, 0.25) is 0 Å². The van der Waals surface area contributed by atoms with Gasteiger partial charge in [-0.2, -0.15) is 0 Å². The lowest BCUT2D eigenvalue weighted by Gasteiger charge is -2.38. The molecule has 0 aliphatic heterocycles. The maximum absolute atomic E-state index is 12.4. The zero-order valence-corrected chi connectivity index (χ0v) is 16.0. The van der Waals surface area contributed by atoms with Crippen LogP contribution in [0.3, 0.4) is 0 Å². The van der Waals surface area contributed by atoms with Gasteiger partial charge in [-0.25, -0.2) is 0 Å². The molecule has 0 atom stereocenters. The molecule has 0 aliphatic carbocycles. The summed E-state index contributed by atoms with van der Waals surface area (Å²) in [5, 5.41) is 0. The maximum atomic E-state index is 12.4.